The van der Waals surface area contributed by atoms with E-state index in [4.69, 9.17) is 9.84 Å². The van der Waals surface area contributed by atoms with E-state index in [1.54, 1.807) is 6.07 Å². The van der Waals surface area contributed by atoms with E-state index in [9.17, 15) is 4.79 Å². The molecule has 1 heterocycles. The minimum absolute atomic E-state index is 0.101. The number of hydrogen-bond donors (Lipinski definition) is 1. The largest absolute Gasteiger partial charge is 0.478 e. The first-order valence-electron chi connectivity index (χ1n) is 6.14. The third kappa shape index (κ3) is 1.57. The van der Waals surface area contributed by atoms with Crippen LogP contribution in [0.25, 0.3) is 0 Å². The Morgan fingerprint density at radius 2 is 2.12 bits per heavy atom. The van der Waals surface area contributed by atoms with E-state index in [2.05, 4.69) is 0 Å². The van der Waals surface area contributed by atoms with E-state index in [-0.39, 0.29) is 5.41 Å². The molecule has 3 rings (SSSR count). The molecule has 0 amide bonds. The fourth-order valence-electron chi connectivity index (χ4n) is 2.88. The van der Waals surface area contributed by atoms with Gasteiger partial charge in [-0.1, -0.05) is 18.6 Å². The Morgan fingerprint density at radius 1 is 1.35 bits per heavy atom. The average Bonchev–Trinajstić information content (AvgIpc) is 2.20. The summed E-state index contributed by atoms with van der Waals surface area (Å²) in [5.41, 5.74) is 1.63. The van der Waals surface area contributed by atoms with Crippen molar-refractivity contribution in [3.05, 3.63) is 35.4 Å². The molecule has 1 aliphatic heterocycles. The number of hydrogen-bond acceptors (Lipinski definition) is 2. The molecule has 1 N–H and O–H groups in total. The third-order valence-corrected chi connectivity index (χ3v) is 4.29. The molecular weight excluding hydrogens is 216 g/mol. The molecule has 17 heavy (non-hydrogen) atoms. The van der Waals surface area contributed by atoms with Gasteiger partial charge in [0, 0.05) is 5.41 Å². The molecule has 3 nitrogen and oxygen atoms in total. The van der Waals surface area contributed by atoms with Gasteiger partial charge in [0.1, 0.15) is 0 Å². The lowest BCUT2D eigenvalue weighted by molar-refractivity contribution is -0.107. The predicted molar refractivity (Wildman–Crippen MR) is 63.2 cm³/mol. The summed E-state index contributed by atoms with van der Waals surface area (Å²) in [5.74, 6) is -0.170. The molecular formula is C14H16O3. The minimum Gasteiger partial charge on any atom is -0.478 e. The first-order valence-corrected chi connectivity index (χ1v) is 6.14. The molecule has 3 heteroatoms. The number of ether oxygens (including phenoxy) is 1. The number of aromatic carboxylic acids is 1. The van der Waals surface area contributed by atoms with E-state index in [0.29, 0.717) is 11.5 Å². The number of carboxylic acid groups (broad SMARTS) is 1. The topological polar surface area (TPSA) is 46.5 Å². The monoisotopic (exact) mass is 232 g/mol. The zero-order chi connectivity index (χ0) is 11.9. The van der Waals surface area contributed by atoms with Crippen LogP contribution in [0.4, 0.5) is 0 Å². The summed E-state index contributed by atoms with van der Waals surface area (Å²) < 4.78 is 5.40. The number of carboxylic acids is 1. The van der Waals surface area contributed by atoms with Gasteiger partial charge in [-0.05, 0) is 36.5 Å². The Hall–Kier alpha value is -1.35. The van der Waals surface area contributed by atoms with Gasteiger partial charge >= 0.3 is 5.97 Å². The second kappa shape index (κ2) is 3.84. The van der Waals surface area contributed by atoms with Crippen LogP contribution in [0.5, 0.6) is 0 Å². The highest BCUT2D eigenvalue weighted by Crippen LogP contribution is 2.48. The maximum Gasteiger partial charge on any atom is 0.335 e. The molecule has 0 bridgehead atoms. The highest BCUT2D eigenvalue weighted by atomic mass is 16.5. The zero-order valence-electron chi connectivity index (χ0n) is 9.69. The molecule has 90 valence electrons. The molecule has 0 radical (unpaired) electrons. The van der Waals surface area contributed by atoms with Crippen molar-refractivity contribution >= 4 is 5.97 Å². The first kappa shape index (κ1) is 10.8. The molecule has 0 spiro atoms. The zero-order valence-corrected chi connectivity index (χ0v) is 9.69. The van der Waals surface area contributed by atoms with Crippen LogP contribution in [0.1, 0.15) is 35.2 Å². The van der Waals surface area contributed by atoms with Crippen molar-refractivity contribution < 1.29 is 14.6 Å². The van der Waals surface area contributed by atoms with Crippen LogP contribution >= 0.6 is 0 Å². The molecule has 1 aromatic carbocycles. The molecule has 2 fully saturated rings. The molecule has 1 aliphatic carbocycles. The summed E-state index contributed by atoms with van der Waals surface area (Å²) in [5, 5.41) is 9.04. The lowest BCUT2D eigenvalue weighted by Crippen LogP contribution is -2.54. The van der Waals surface area contributed by atoms with E-state index >= 15 is 0 Å². The van der Waals surface area contributed by atoms with Gasteiger partial charge in [-0.3, -0.25) is 0 Å². The van der Waals surface area contributed by atoms with Crippen LogP contribution in [0.2, 0.25) is 0 Å². The quantitative estimate of drug-likeness (QED) is 0.870. The molecule has 0 atom stereocenters. The molecule has 1 aromatic rings. The van der Waals surface area contributed by atoms with Crippen molar-refractivity contribution in [3.8, 4) is 0 Å². The van der Waals surface area contributed by atoms with Gasteiger partial charge in [0.05, 0.1) is 18.8 Å². The van der Waals surface area contributed by atoms with E-state index in [1.165, 1.54) is 19.3 Å². The van der Waals surface area contributed by atoms with Crippen molar-refractivity contribution in [2.45, 2.75) is 24.7 Å². The van der Waals surface area contributed by atoms with Crippen LogP contribution in [0.3, 0.4) is 0 Å². The fourth-order valence-corrected chi connectivity index (χ4v) is 2.88. The Labute approximate surface area is 100 Å². The van der Waals surface area contributed by atoms with Crippen molar-refractivity contribution in [2.24, 2.45) is 5.92 Å². The van der Waals surface area contributed by atoms with Crippen molar-refractivity contribution in [1.29, 1.82) is 0 Å². The minimum atomic E-state index is -0.851. The normalized spacial score (nSPS) is 22.6. The lowest BCUT2D eigenvalue weighted by Gasteiger charge is -2.51. The molecule has 2 aliphatic rings. The second-order valence-electron chi connectivity index (χ2n) is 5.16. The van der Waals surface area contributed by atoms with Gasteiger partial charge in [-0.25, -0.2) is 4.79 Å². The van der Waals surface area contributed by atoms with E-state index in [0.717, 1.165) is 18.8 Å². The van der Waals surface area contributed by atoms with Gasteiger partial charge in [-0.15, -0.1) is 0 Å². The summed E-state index contributed by atoms with van der Waals surface area (Å²) >= 11 is 0. The smallest absolute Gasteiger partial charge is 0.335 e. The highest BCUT2D eigenvalue weighted by Gasteiger charge is 2.49. The maximum atomic E-state index is 11.0. The van der Waals surface area contributed by atoms with Crippen molar-refractivity contribution in [1.82, 2.24) is 0 Å². The Balaban J connectivity index is 1.96. The van der Waals surface area contributed by atoms with Crippen LogP contribution in [-0.4, -0.2) is 24.3 Å². The fraction of sp³-hybridized carbons (Fsp3) is 0.500. The summed E-state index contributed by atoms with van der Waals surface area (Å²) in [4.78, 5) is 11.0. The van der Waals surface area contributed by atoms with Crippen LogP contribution < -0.4 is 0 Å². The molecule has 0 unspecified atom stereocenters. The highest BCUT2D eigenvalue weighted by molar-refractivity contribution is 5.87. The average molecular weight is 232 g/mol. The number of carbonyl (C=O) groups is 1. The van der Waals surface area contributed by atoms with E-state index in [1.807, 2.05) is 18.2 Å². The molecule has 1 saturated heterocycles. The van der Waals surface area contributed by atoms with Gasteiger partial charge < -0.3 is 9.84 Å². The van der Waals surface area contributed by atoms with Gasteiger partial charge in [0.2, 0.25) is 0 Å². The van der Waals surface area contributed by atoms with Crippen LogP contribution in [-0.2, 0) is 10.2 Å². The predicted octanol–water partition coefficient (Wildman–Crippen LogP) is 2.45. The van der Waals surface area contributed by atoms with Crippen LogP contribution in [0.15, 0.2) is 24.3 Å². The van der Waals surface area contributed by atoms with Gasteiger partial charge in [-0.2, -0.15) is 0 Å². The second-order valence-corrected chi connectivity index (χ2v) is 5.16. The lowest BCUT2D eigenvalue weighted by atomic mass is 9.60. The first-order chi connectivity index (χ1) is 8.22. The SMILES string of the molecule is O=C(O)c1cccc(C2(C3CCC3)COC2)c1. The van der Waals surface area contributed by atoms with Crippen molar-refractivity contribution in [3.63, 3.8) is 0 Å². The summed E-state index contributed by atoms with van der Waals surface area (Å²) in [6, 6.07) is 7.37. The number of benzene rings is 1. The molecule has 0 aromatic heterocycles. The molecule has 1 saturated carbocycles. The van der Waals surface area contributed by atoms with Crippen molar-refractivity contribution in [2.75, 3.05) is 13.2 Å². The summed E-state index contributed by atoms with van der Waals surface area (Å²) in [6.07, 6.45) is 3.80. The summed E-state index contributed by atoms with van der Waals surface area (Å²) in [7, 11) is 0. The van der Waals surface area contributed by atoms with Gasteiger partial charge in [0.15, 0.2) is 0 Å². The van der Waals surface area contributed by atoms with E-state index < -0.39 is 5.97 Å². The summed E-state index contributed by atoms with van der Waals surface area (Å²) in [6.45, 7) is 1.50. The standard InChI is InChI=1S/C14H16O3/c15-13(16)10-3-1-6-12(7-10)14(8-17-9-14)11-4-2-5-11/h1,3,6-7,11H,2,4-5,8-9H2,(H,15,16). The van der Waals surface area contributed by atoms with Gasteiger partial charge in [0.25, 0.3) is 0 Å². The maximum absolute atomic E-state index is 11.0. The number of rotatable bonds is 3. The Bertz CT molecular complexity index is 445. The van der Waals surface area contributed by atoms with Crippen LogP contribution in [0, 0.1) is 5.92 Å². The third-order valence-electron chi connectivity index (χ3n) is 4.29. The Kier molecular flexibility index (Phi) is 2.44. The Morgan fingerprint density at radius 3 is 2.59 bits per heavy atom.